The van der Waals surface area contributed by atoms with Crippen LogP contribution < -0.4 is 15.8 Å². The number of nitrogens with one attached hydrogen (secondary N) is 1. The number of non-ortho nitro benzene ring substituents is 1. The number of para-hydroxylation sites is 2. The van der Waals surface area contributed by atoms with Gasteiger partial charge in [-0.15, -0.1) is 0 Å². The lowest BCUT2D eigenvalue weighted by Gasteiger charge is -2.32. The van der Waals surface area contributed by atoms with E-state index in [1.54, 1.807) is 28.8 Å². The van der Waals surface area contributed by atoms with Gasteiger partial charge in [-0.1, -0.05) is 50.2 Å². The first-order chi connectivity index (χ1) is 18.8. The molecule has 7 rings (SSSR count). The minimum atomic E-state index is -1.25. The molecule has 4 heterocycles. The number of nitro groups is 1. The van der Waals surface area contributed by atoms with Crippen molar-refractivity contribution >= 4 is 34.1 Å². The van der Waals surface area contributed by atoms with Gasteiger partial charge in [-0.2, -0.15) is 0 Å². The van der Waals surface area contributed by atoms with Gasteiger partial charge in [0.15, 0.2) is 0 Å². The summed E-state index contributed by atoms with van der Waals surface area (Å²) in [4.78, 5) is 59.1. The van der Waals surface area contributed by atoms with Crippen molar-refractivity contribution in [1.82, 2.24) is 14.9 Å². The van der Waals surface area contributed by atoms with Crippen molar-refractivity contribution in [2.24, 2.45) is 17.8 Å². The number of amides is 2. The van der Waals surface area contributed by atoms with E-state index in [0.717, 1.165) is 4.90 Å². The summed E-state index contributed by atoms with van der Waals surface area (Å²) in [6, 6.07) is 19.6. The molecular weight excluding hydrogens is 498 g/mol. The highest BCUT2D eigenvalue weighted by molar-refractivity contribution is 6.23. The molecule has 1 N–H and O–H groups in total. The van der Waals surface area contributed by atoms with Crippen LogP contribution in [0.15, 0.2) is 77.6 Å². The lowest BCUT2D eigenvalue weighted by atomic mass is 9.75. The third-order valence-electron chi connectivity index (χ3n) is 8.31. The van der Waals surface area contributed by atoms with E-state index in [-0.39, 0.29) is 22.9 Å². The Morgan fingerprint density at radius 1 is 0.974 bits per heavy atom. The molecule has 2 fully saturated rings. The van der Waals surface area contributed by atoms with Crippen molar-refractivity contribution in [2.75, 3.05) is 4.90 Å². The van der Waals surface area contributed by atoms with Crippen LogP contribution in [0, 0.1) is 27.9 Å². The fraction of sp³-hybridized carbons (Fsp3) is 0.241. The Kier molecular flexibility index (Phi) is 4.75. The molecule has 3 aromatic carbocycles. The van der Waals surface area contributed by atoms with Crippen LogP contribution in [0.5, 0.6) is 0 Å². The molecule has 3 aliphatic rings. The first-order valence-corrected chi connectivity index (χ1v) is 12.8. The van der Waals surface area contributed by atoms with Crippen LogP contribution in [-0.2, 0) is 15.1 Å². The molecular formula is C29H23N5O5. The smallest absolute Gasteiger partial charge is 0.271 e. The molecule has 4 atom stereocenters. The fourth-order valence-corrected chi connectivity index (χ4v) is 6.72. The van der Waals surface area contributed by atoms with Crippen LogP contribution >= 0.6 is 0 Å². The molecule has 1 aromatic heterocycles. The highest BCUT2D eigenvalue weighted by Crippen LogP contribution is 2.56. The second-order valence-corrected chi connectivity index (χ2v) is 10.6. The summed E-state index contributed by atoms with van der Waals surface area (Å²) in [5.74, 6) is -2.27. The predicted octanol–water partition coefficient (Wildman–Crippen LogP) is 3.28. The lowest BCUT2D eigenvalue weighted by Crippen LogP contribution is -2.51. The molecule has 39 heavy (non-hydrogen) atoms. The van der Waals surface area contributed by atoms with Gasteiger partial charge in [0, 0.05) is 23.7 Å². The number of anilines is 1. The number of hydrogen-bond donors (Lipinski definition) is 1. The van der Waals surface area contributed by atoms with Crippen LogP contribution in [0.4, 0.5) is 11.4 Å². The molecule has 2 saturated heterocycles. The Balaban J connectivity index is 1.51. The average Bonchev–Trinajstić information content (AvgIpc) is 3.52. The number of carbonyl (C=O) groups excluding carboxylic acids is 2. The van der Waals surface area contributed by atoms with Gasteiger partial charge in [-0.25, -0.2) is 9.88 Å². The molecule has 0 saturated carbocycles. The summed E-state index contributed by atoms with van der Waals surface area (Å²) in [6.45, 7) is 3.95. The van der Waals surface area contributed by atoms with Crippen LogP contribution in [0.2, 0.25) is 0 Å². The molecule has 10 heteroatoms. The van der Waals surface area contributed by atoms with Gasteiger partial charge in [0.25, 0.3) is 11.2 Å². The normalized spacial score (nSPS) is 25.0. The van der Waals surface area contributed by atoms with Gasteiger partial charge in [-0.3, -0.25) is 34.4 Å². The monoisotopic (exact) mass is 521 g/mol. The molecule has 194 valence electrons. The van der Waals surface area contributed by atoms with Gasteiger partial charge in [0.1, 0.15) is 11.4 Å². The standard InChI is InChI=1S/C29H23N5O5/c1-15(2)24-22-23(27(37)32(26(22)36)16-8-7-9-17(14-16)34(38)39)29(31-24)19-11-4-6-13-21(19)33-25(35)18-10-3-5-12-20(18)30-28(29)33/h3-15,22-24,31H,1-2H3/t22-,23-,24+,29+/m1/s1. The third kappa shape index (κ3) is 2.89. The summed E-state index contributed by atoms with van der Waals surface area (Å²) in [7, 11) is 0. The van der Waals surface area contributed by atoms with E-state index in [1.807, 2.05) is 38.1 Å². The van der Waals surface area contributed by atoms with Crippen LogP contribution in [-0.4, -0.2) is 32.3 Å². The first kappa shape index (κ1) is 23.4. The molecule has 3 aliphatic heterocycles. The molecule has 1 spiro atoms. The van der Waals surface area contributed by atoms with Gasteiger partial charge in [0.2, 0.25) is 11.8 Å². The van der Waals surface area contributed by atoms with E-state index in [1.165, 1.54) is 24.3 Å². The van der Waals surface area contributed by atoms with Gasteiger partial charge < -0.3 is 0 Å². The number of hydrogen-bond acceptors (Lipinski definition) is 7. The number of nitro benzene ring substituents is 1. The summed E-state index contributed by atoms with van der Waals surface area (Å²) in [5, 5.41) is 15.5. The van der Waals surface area contributed by atoms with Crippen LogP contribution in [0.25, 0.3) is 16.6 Å². The van der Waals surface area contributed by atoms with E-state index in [9.17, 15) is 24.5 Å². The maximum Gasteiger partial charge on any atom is 0.271 e. The maximum atomic E-state index is 14.4. The Morgan fingerprint density at radius 2 is 1.72 bits per heavy atom. The summed E-state index contributed by atoms with van der Waals surface area (Å²) >= 11 is 0. The number of fused-ring (bicyclic) bond motifs is 8. The third-order valence-corrected chi connectivity index (χ3v) is 8.31. The maximum absolute atomic E-state index is 14.4. The van der Waals surface area contributed by atoms with Crippen molar-refractivity contribution in [3.8, 4) is 5.69 Å². The van der Waals surface area contributed by atoms with Gasteiger partial charge in [-0.05, 0) is 30.2 Å². The largest absolute Gasteiger partial charge is 0.296 e. The van der Waals surface area contributed by atoms with E-state index in [4.69, 9.17) is 4.98 Å². The van der Waals surface area contributed by atoms with Crippen LogP contribution in [0.3, 0.4) is 0 Å². The predicted molar refractivity (Wildman–Crippen MR) is 142 cm³/mol. The van der Waals surface area contributed by atoms with E-state index >= 15 is 0 Å². The Bertz CT molecular complexity index is 1810. The topological polar surface area (TPSA) is 127 Å². The lowest BCUT2D eigenvalue weighted by molar-refractivity contribution is -0.384. The molecule has 4 aromatic rings. The number of rotatable bonds is 3. The number of imide groups is 1. The highest BCUT2D eigenvalue weighted by Gasteiger charge is 2.70. The van der Waals surface area contributed by atoms with Crippen molar-refractivity contribution in [2.45, 2.75) is 25.4 Å². The van der Waals surface area contributed by atoms with Gasteiger partial charge in [0.05, 0.1) is 39.0 Å². The number of carbonyl (C=O) groups is 2. The Morgan fingerprint density at radius 3 is 2.49 bits per heavy atom. The summed E-state index contributed by atoms with van der Waals surface area (Å²) in [5.41, 5.74) is 0.251. The van der Waals surface area contributed by atoms with Crippen LogP contribution in [0.1, 0.15) is 25.2 Å². The summed E-state index contributed by atoms with van der Waals surface area (Å²) in [6.07, 6.45) is 0. The number of benzene rings is 3. The Hall–Kier alpha value is -4.70. The molecule has 0 radical (unpaired) electrons. The summed E-state index contributed by atoms with van der Waals surface area (Å²) < 4.78 is 1.55. The molecule has 0 unspecified atom stereocenters. The zero-order valence-electron chi connectivity index (χ0n) is 21.1. The number of aromatic nitrogens is 2. The first-order valence-electron chi connectivity index (χ1n) is 12.8. The van der Waals surface area contributed by atoms with Crippen molar-refractivity contribution in [3.63, 3.8) is 0 Å². The zero-order valence-corrected chi connectivity index (χ0v) is 21.1. The molecule has 2 amide bonds. The highest BCUT2D eigenvalue weighted by atomic mass is 16.6. The van der Waals surface area contributed by atoms with Crippen molar-refractivity contribution in [1.29, 1.82) is 0 Å². The minimum Gasteiger partial charge on any atom is -0.296 e. The number of nitrogens with zero attached hydrogens (tertiary/aromatic N) is 4. The van der Waals surface area contributed by atoms with Gasteiger partial charge >= 0.3 is 0 Å². The van der Waals surface area contributed by atoms with Crippen molar-refractivity contribution in [3.05, 3.63) is 105 Å². The quantitative estimate of drug-likeness (QED) is 0.249. The van der Waals surface area contributed by atoms with E-state index in [2.05, 4.69) is 5.32 Å². The van der Waals surface area contributed by atoms with E-state index < -0.39 is 40.2 Å². The van der Waals surface area contributed by atoms with E-state index in [0.29, 0.717) is 28.0 Å². The SMILES string of the molecule is CC(C)[C@@H]1N[C@@]2(c3ccccc3-n3c2nc2ccccc2c3=O)[C@H]2C(=O)N(c3cccc([N+](=O)[O-])c3)C(=O)[C@@H]12. The average molecular weight is 522 g/mol. The zero-order chi connectivity index (χ0) is 27.2. The fourth-order valence-electron chi connectivity index (χ4n) is 6.72. The Labute approximate surface area is 222 Å². The second-order valence-electron chi connectivity index (χ2n) is 10.6. The van der Waals surface area contributed by atoms with Crippen molar-refractivity contribution < 1.29 is 14.5 Å². The second kappa shape index (κ2) is 7.90. The minimum absolute atomic E-state index is 0.0490. The molecule has 10 nitrogen and oxygen atoms in total. The molecule has 0 aliphatic carbocycles. The molecule has 0 bridgehead atoms.